The Morgan fingerprint density at radius 3 is 2.48 bits per heavy atom. The van der Waals surface area contributed by atoms with Crippen LogP contribution in [0.15, 0.2) is 11.1 Å². The number of rotatable bonds is 1. The van der Waals surface area contributed by atoms with Crippen LogP contribution in [-0.2, 0) is 9.59 Å². The van der Waals surface area contributed by atoms with Crippen LogP contribution < -0.4 is 0 Å². The van der Waals surface area contributed by atoms with Gasteiger partial charge in [0.15, 0.2) is 5.78 Å². The summed E-state index contributed by atoms with van der Waals surface area (Å²) in [7, 11) is 0. The Bertz CT molecular complexity index is 660. The van der Waals surface area contributed by atoms with Crippen molar-refractivity contribution >= 4 is 12.1 Å². The molecule has 2 unspecified atom stereocenters. The van der Waals surface area contributed by atoms with Crippen molar-refractivity contribution in [3.05, 3.63) is 11.1 Å². The summed E-state index contributed by atoms with van der Waals surface area (Å²) in [4.78, 5) is 24.8. The van der Waals surface area contributed by atoms with E-state index in [1.165, 1.54) is 6.29 Å². The lowest BCUT2D eigenvalue weighted by molar-refractivity contribution is -0.140. The highest BCUT2D eigenvalue weighted by atomic mass is 16.3. The third-order valence-corrected chi connectivity index (χ3v) is 9.08. The van der Waals surface area contributed by atoms with Crippen molar-refractivity contribution in [2.75, 3.05) is 0 Å². The van der Waals surface area contributed by atoms with Crippen molar-refractivity contribution in [2.24, 2.45) is 34.5 Å². The molecule has 0 aromatic heterocycles. The van der Waals surface area contributed by atoms with Crippen LogP contribution in [0, 0.1) is 34.5 Å². The highest BCUT2D eigenvalue weighted by Crippen LogP contribution is 2.68. The van der Waals surface area contributed by atoms with E-state index < -0.39 is 11.0 Å². The molecule has 4 aliphatic carbocycles. The van der Waals surface area contributed by atoms with Crippen LogP contribution in [0.1, 0.15) is 72.6 Å². The maximum absolute atomic E-state index is 12.5. The van der Waals surface area contributed by atoms with Crippen LogP contribution in [-0.4, -0.2) is 22.8 Å². The summed E-state index contributed by atoms with van der Waals surface area (Å²) in [6, 6.07) is 0. The van der Waals surface area contributed by atoms with E-state index in [4.69, 9.17) is 0 Å². The minimum Gasteiger partial charge on any atom is -0.390 e. The van der Waals surface area contributed by atoms with Gasteiger partial charge in [-0.2, -0.15) is 0 Å². The van der Waals surface area contributed by atoms with E-state index in [1.54, 1.807) is 0 Å². The number of allylic oxidation sites excluding steroid dienone is 1. The van der Waals surface area contributed by atoms with Gasteiger partial charge in [0.1, 0.15) is 6.29 Å². The second-order valence-corrected chi connectivity index (χ2v) is 9.90. The van der Waals surface area contributed by atoms with Crippen molar-refractivity contribution in [2.45, 2.75) is 78.2 Å². The van der Waals surface area contributed by atoms with Crippen LogP contribution in [0.5, 0.6) is 0 Å². The Balaban J connectivity index is 1.81. The number of aliphatic hydroxyl groups is 1. The number of Topliss-reactive ketones (excluding diaryl/α,β-unsaturated/α-hetero) is 1. The fourth-order valence-electron chi connectivity index (χ4n) is 7.59. The molecule has 0 spiro atoms. The molecule has 3 saturated carbocycles. The van der Waals surface area contributed by atoms with Crippen LogP contribution in [0.3, 0.4) is 0 Å². The molecule has 0 aromatic carbocycles. The molecular weight excluding hydrogens is 312 g/mol. The molecule has 138 valence electrons. The van der Waals surface area contributed by atoms with Crippen molar-refractivity contribution in [3.63, 3.8) is 0 Å². The van der Waals surface area contributed by atoms with E-state index in [-0.39, 0.29) is 11.2 Å². The number of carbonyl (C=O) groups excluding carboxylic acids is 2. The molecule has 0 aromatic rings. The number of hydrogen-bond donors (Lipinski definition) is 1. The topological polar surface area (TPSA) is 54.4 Å². The zero-order valence-electron chi connectivity index (χ0n) is 16.1. The number of hydrogen-bond acceptors (Lipinski definition) is 3. The predicted octanol–water partition coefficient (Wildman–Crippen LogP) is 4.08. The minimum atomic E-state index is -0.589. The first-order valence-corrected chi connectivity index (χ1v) is 10.1. The first kappa shape index (κ1) is 17.5. The quantitative estimate of drug-likeness (QED) is 0.729. The van der Waals surface area contributed by atoms with Crippen LogP contribution >= 0.6 is 0 Å². The van der Waals surface area contributed by atoms with Gasteiger partial charge in [-0.1, -0.05) is 13.8 Å². The van der Waals surface area contributed by atoms with E-state index in [1.807, 2.05) is 13.8 Å². The van der Waals surface area contributed by atoms with Gasteiger partial charge in [0, 0.05) is 6.42 Å². The predicted molar refractivity (Wildman–Crippen MR) is 96.9 cm³/mol. The maximum atomic E-state index is 12.5. The third kappa shape index (κ3) is 2.02. The van der Waals surface area contributed by atoms with Gasteiger partial charge in [0.2, 0.25) is 0 Å². The molecule has 3 fully saturated rings. The molecule has 0 aliphatic heterocycles. The number of ketones is 1. The maximum Gasteiger partial charge on any atom is 0.158 e. The minimum absolute atomic E-state index is 0.0291. The summed E-state index contributed by atoms with van der Waals surface area (Å²) < 4.78 is 0. The smallest absolute Gasteiger partial charge is 0.158 e. The number of fused-ring (bicyclic) bond motifs is 5. The lowest BCUT2D eigenvalue weighted by Crippen LogP contribution is -2.56. The second-order valence-electron chi connectivity index (χ2n) is 9.90. The highest BCUT2D eigenvalue weighted by molar-refractivity contribution is 5.98. The van der Waals surface area contributed by atoms with Crippen molar-refractivity contribution in [1.29, 1.82) is 0 Å². The first-order valence-electron chi connectivity index (χ1n) is 10.1. The van der Waals surface area contributed by atoms with Crippen molar-refractivity contribution < 1.29 is 14.7 Å². The van der Waals surface area contributed by atoms with E-state index in [0.717, 1.165) is 43.3 Å². The average Bonchev–Trinajstić information content (AvgIpc) is 2.81. The number of carbonyl (C=O) groups is 2. The summed E-state index contributed by atoms with van der Waals surface area (Å²) in [5, 5.41) is 11.0. The van der Waals surface area contributed by atoms with Gasteiger partial charge in [0.25, 0.3) is 0 Å². The lowest BCUT2D eigenvalue weighted by atomic mass is 9.44. The molecule has 4 aliphatic rings. The monoisotopic (exact) mass is 344 g/mol. The van der Waals surface area contributed by atoms with Gasteiger partial charge in [-0.3, -0.25) is 4.79 Å². The van der Waals surface area contributed by atoms with Crippen molar-refractivity contribution in [3.8, 4) is 0 Å². The van der Waals surface area contributed by atoms with E-state index >= 15 is 0 Å². The van der Waals surface area contributed by atoms with Gasteiger partial charge in [0.05, 0.1) is 11.0 Å². The van der Waals surface area contributed by atoms with E-state index in [9.17, 15) is 14.7 Å². The fraction of sp³-hybridized carbons (Fsp3) is 0.818. The molecule has 3 nitrogen and oxygen atoms in total. The lowest BCUT2D eigenvalue weighted by Gasteiger charge is -2.59. The fourth-order valence-corrected chi connectivity index (χ4v) is 7.59. The van der Waals surface area contributed by atoms with E-state index in [0.29, 0.717) is 36.5 Å². The normalized spacial score (nSPS) is 52.4. The van der Waals surface area contributed by atoms with Crippen LogP contribution in [0.2, 0.25) is 0 Å². The third-order valence-electron chi connectivity index (χ3n) is 9.08. The highest BCUT2D eigenvalue weighted by Gasteiger charge is 2.64. The molecule has 0 radical (unpaired) electrons. The second kappa shape index (κ2) is 5.28. The van der Waals surface area contributed by atoms with Gasteiger partial charge >= 0.3 is 0 Å². The Kier molecular flexibility index (Phi) is 3.69. The summed E-state index contributed by atoms with van der Waals surface area (Å²) in [5.74, 6) is 1.88. The summed E-state index contributed by atoms with van der Waals surface area (Å²) in [6.07, 6.45) is 7.44. The summed E-state index contributed by atoms with van der Waals surface area (Å²) in [5.41, 5.74) is 0.994. The molecule has 0 heterocycles. The molecule has 3 heteroatoms. The summed E-state index contributed by atoms with van der Waals surface area (Å²) >= 11 is 0. The Morgan fingerprint density at radius 1 is 1.12 bits per heavy atom. The Morgan fingerprint density at radius 2 is 1.80 bits per heavy atom. The summed E-state index contributed by atoms with van der Waals surface area (Å²) in [6.45, 7) is 8.45. The van der Waals surface area contributed by atoms with Crippen LogP contribution in [0.4, 0.5) is 0 Å². The van der Waals surface area contributed by atoms with Gasteiger partial charge in [-0.25, -0.2) is 0 Å². The Labute approximate surface area is 151 Å². The molecular formula is C22H32O3. The number of aldehydes is 1. The van der Waals surface area contributed by atoms with Crippen molar-refractivity contribution in [1.82, 2.24) is 0 Å². The molecule has 0 amide bonds. The standard InChI is InChI=1S/C22H32O3/c1-13-11-15-16-6-9-21(4,25)20(16,3)8-5-17(15)22(12-23)10-7-18(24)14(2)19(13)22/h12-13,15-17,25H,5-11H2,1-4H3/t13?,15-,16-,17+,20-,21?,22-/m0/s1. The van der Waals surface area contributed by atoms with Crippen LogP contribution in [0.25, 0.3) is 0 Å². The Hall–Kier alpha value is -0.960. The molecule has 4 rings (SSSR count). The average molecular weight is 344 g/mol. The van der Waals surface area contributed by atoms with Gasteiger partial charge < -0.3 is 9.90 Å². The van der Waals surface area contributed by atoms with E-state index in [2.05, 4.69) is 13.8 Å². The molecule has 0 saturated heterocycles. The van der Waals surface area contributed by atoms with Gasteiger partial charge in [-0.15, -0.1) is 0 Å². The molecule has 0 bridgehead atoms. The molecule has 1 N–H and O–H groups in total. The zero-order valence-corrected chi connectivity index (χ0v) is 16.1. The van der Waals surface area contributed by atoms with Gasteiger partial charge in [-0.05, 0) is 92.6 Å². The largest absolute Gasteiger partial charge is 0.390 e. The zero-order chi connectivity index (χ0) is 18.2. The molecule has 7 atom stereocenters. The SMILES string of the molecule is CC1=C2C(C)C[C@@H]3[C@@H](CC[C@@]4(C)[C@H]3CCC4(C)O)[C@@]2(C=O)CCC1=O. The first-order chi connectivity index (χ1) is 11.7. The molecule has 25 heavy (non-hydrogen) atoms.